The second-order valence-electron chi connectivity index (χ2n) is 7.43. The smallest absolute Gasteiger partial charge is 0.259 e. The molecule has 0 saturated carbocycles. The summed E-state index contributed by atoms with van der Waals surface area (Å²) in [5.41, 5.74) is 2.07. The number of ether oxygens (including phenoxy) is 1. The van der Waals surface area contributed by atoms with Crippen LogP contribution in [0.3, 0.4) is 0 Å². The number of fused-ring (bicyclic) bond motifs is 1. The number of benzene rings is 1. The Morgan fingerprint density at radius 3 is 2.76 bits per heavy atom. The molecular formula is C21H26ClN3O3S. The van der Waals surface area contributed by atoms with Gasteiger partial charge < -0.3 is 20.7 Å². The van der Waals surface area contributed by atoms with Crippen LogP contribution in [0, 0.1) is 5.92 Å². The van der Waals surface area contributed by atoms with Crippen molar-refractivity contribution in [3.63, 3.8) is 0 Å². The highest BCUT2D eigenvalue weighted by atomic mass is 35.5. The van der Waals surface area contributed by atoms with Gasteiger partial charge in [0.1, 0.15) is 10.8 Å². The number of aryl methyl sites for hydroxylation is 1. The molecule has 0 fully saturated rings. The van der Waals surface area contributed by atoms with Crippen molar-refractivity contribution < 1.29 is 14.3 Å². The molecule has 156 valence electrons. The lowest BCUT2D eigenvalue weighted by molar-refractivity contribution is -0.115. The zero-order valence-corrected chi connectivity index (χ0v) is 18.4. The van der Waals surface area contributed by atoms with Gasteiger partial charge in [0.2, 0.25) is 5.91 Å². The van der Waals surface area contributed by atoms with Crippen molar-refractivity contribution in [3.8, 4) is 5.75 Å². The van der Waals surface area contributed by atoms with E-state index < -0.39 is 0 Å². The molecule has 3 rings (SSSR count). The fraction of sp³-hybridized carbons (Fsp3) is 0.429. The summed E-state index contributed by atoms with van der Waals surface area (Å²) >= 11 is 7.57. The maximum absolute atomic E-state index is 13.2. The van der Waals surface area contributed by atoms with E-state index in [1.165, 1.54) is 23.3 Å². The molecule has 0 radical (unpaired) electrons. The van der Waals surface area contributed by atoms with E-state index in [4.69, 9.17) is 16.3 Å². The lowest BCUT2D eigenvalue weighted by Gasteiger charge is -2.13. The number of rotatable bonds is 8. The molecule has 0 atom stereocenters. The van der Waals surface area contributed by atoms with E-state index in [-0.39, 0.29) is 18.4 Å². The number of thiophene rings is 1. The Labute approximate surface area is 180 Å². The van der Waals surface area contributed by atoms with Crippen LogP contribution in [0.4, 0.5) is 10.7 Å². The number of methoxy groups -OCH3 is 1. The van der Waals surface area contributed by atoms with Crippen LogP contribution in [0.1, 0.15) is 41.1 Å². The quantitative estimate of drug-likeness (QED) is 0.576. The molecule has 1 heterocycles. The minimum Gasteiger partial charge on any atom is -0.495 e. The summed E-state index contributed by atoms with van der Waals surface area (Å²) in [6.45, 7) is 5.14. The third-order valence-electron chi connectivity index (χ3n) is 4.65. The number of carbonyl (C=O) groups is 2. The van der Waals surface area contributed by atoms with Crippen molar-refractivity contribution in [2.45, 2.75) is 33.1 Å². The molecule has 1 aliphatic carbocycles. The monoisotopic (exact) mass is 435 g/mol. The van der Waals surface area contributed by atoms with Gasteiger partial charge in [0, 0.05) is 9.90 Å². The second-order valence-corrected chi connectivity index (χ2v) is 8.97. The number of hydrogen-bond acceptors (Lipinski definition) is 5. The van der Waals surface area contributed by atoms with Crippen molar-refractivity contribution in [1.82, 2.24) is 5.32 Å². The van der Waals surface area contributed by atoms with Gasteiger partial charge >= 0.3 is 0 Å². The van der Waals surface area contributed by atoms with Crippen LogP contribution in [-0.4, -0.2) is 32.0 Å². The SMILES string of the molecule is COc1ccc(Cl)cc1NC(=O)c1c(NC(=O)CNCC(C)C)sc2c1CCC2. The highest BCUT2D eigenvalue weighted by molar-refractivity contribution is 7.17. The fourth-order valence-corrected chi connectivity index (χ4v) is 4.82. The molecule has 0 saturated heterocycles. The second kappa shape index (κ2) is 9.61. The Morgan fingerprint density at radius 1 is 1.24 bits per heavy atom. The third-order valence-corrected chi connectivity index (χ3v) is 6.09. The van der Waals surface area contributed by atoms with Gasteiger partial charge in [0.05, 0.1) is 24.9 Å². The first-order chi connectivity index (χ1) is 13.9. The predicted molar refractivity (Wildman–Crippen MR) is 119 cm³/mol. The molecule has 3 N–H and O–H groups in total. The van der Waals surface area contributed by atoms with Crippen LogP contribution in [0.5, 0.6) is 5.75 Å². The number of anilines is 2. The first-order valence-corrected chi connectivity index (χ1v) is 10.9. The lowest BCUT2D eigenvalue weighted by Crippen LogP contribution is -2.30. The van der Waals surface area contributed by atoms with Gasteiger partial charge in [-0.1, -0.05) is 25.4 Å². The summed E-state index contributed by atoms with van der Waals surface area (Å²) in [7, 11) is 1.54. The summed E-state index contributed by atoms with van der Waals surface area (Å²) in [6.07, 6.45) is 2.79. The Kier molecular flexibility index (Phi) is 7.16. The van der Waals surface area contributed by atoms with Crippen LogP contribution >= 0.6 is 22.9 Å². The molecule has 0 bridgehead atoms. The fourth-order valence-electron chi connectivity index (χ4n) is 3.34. The van der Waals surface area contributed by atoms with Gasteiger partial charge in [-0.3, -0.25) is 9.59 Å². The number of halogens is 1. The first kappa shape index (κ1) is 21.6. The maximum atomic E-state index is 13.2. The molecule has 2 aromatic rings. The third kappa shape index (κ3) is 5.29. The Hall–Kier alpha value is -2.09. The molecule has 2 amide bonds. The summed E-state index contributed by atoms with van der Waals surface area (Å²) in [4.78, 5) is 26.7. The van der Waals surface area contributed by atoms with Gasteiger partial charge in [-0.25, -0.2) is 0 Å². The minimum atomic E-state index is -0.268. The normalized spacial score (nSPS) is 12.7. The predicted octanol–water partition coefficient (Wildman–Crippen LogP) is 4.34. The van der Waals surface area contributed by atoms with Crippen LogP contribution in [0.15, 0.2) is 18.2 Å². The summed E-state index contributed by atoms with van der Waals surface area (Å²) < 4.78 is 5.32. The minimum absolute atomic E-state index is 0.153. The van der Waals surface area contributed by atoms with Crippen molar-refractivity contribution in [3.05, 3.63) is 39.2 Å². The maximum Gasteiger partial charge on any atom is 0.259 e. The molecule has 8 heteroatoms. The molecule has 0 aliphatic heterocycles. The zero-order chi connectivity index (χ0) is 21.0. The standard InChI is InChI=1S/C21H26ClN3O3S/c1-12(2)10-23-11-18(26)25-21-19(14-5-4-6-17(14)29-21)20(27)24-15-9-13(22)7-8-16(15)28-3/h7-9,12,23H,4-6,10-11H2,1-3H3,(H,24,27)(H,25,26). The average Bonchev–Trinajstić information content (AvgIpc) is 3.22. The average molecular weight is 436 g/mol. The van der Waals surface area contributed by atoms with Gasteiger partial charge in [0.25, 0.3) is 5.91 Å². The molecular weight excluding hydrogens is 410 g/mol. The van der Waals surface area contributed by atoms with E-state index in [0.29, 0.717) is 32.9 Å². The Morgan fingerprint density at radius 2 is 2.03 bits per heavy atom. The topological polar surface area (TPSA) is 79.5 Å². The van der Waals surface area contributed by atoms with E-state index in [2.05, 4.69) is 29.8 Å². The molecule has 29 heavy (non-hydrogen) atoms. The van der Waals surface area contributed by atoms with E-state index in [0.717, 1.165) is 31.4 Å². The van der Waals surface area contributed by atoms with Crippen LogP contribution in [-0.2, 0) is 17.6 Å². The van der Waals surface area contributed by atoms with Gasteiger partial charge in [-0.2, -0.15) is 0 Å². The van der Waals surface area contributed by atoms with E-state index >= 15 is 0 Å². The largest absolute Gasteiger partial charge is 0.495 e. The van der Waals surface area contributed by atoms with Crippen LogP contribution in [0.25, 0.3) is 0 Å². The molecule has 0 unspecified atom stereocenters. The van der Waals surface area contributed by atoms with Crippen molar-refractivity contribution in [2.75, 3.05) is 30.8 Å². The van der Waals surface area contributed by atoms with E-state index in [1.54, 1.807) is 18.2 Å². The Bertz CT molecular complexity index is 911. The highest BCUT2D eigenvalue weighted by Crippen LogP contribution is 2.40. The molecule has 0 spiro atoms. The lowest BCUT2D eigenvalue weighted by atomic mass is 10.1. The van der Waals surface area contributed by atoms with Crippen molar-refractivity contribution in [2.24, 2.45) is 5.92 Å². The molecule has 1 aromatic carbocycles. The molecule has 6 nitrogen and oxygen atoms in total. The van der Waals surface area contributed by atoms with E-state index in [1.807, 2.05) is 0 Å². The number of nitrogens with one attached hydrogen (secondary N) is 3. The van der Waals surface area contributed by atoms with Crippen molar-refractivity contribution in [1.29, 1.82) is 0 Å². The van der Waals surface area contributed by atoms with E-state index in [9.17, 15) is 9.59 Å². The van der Waals surface area contributed by atoms with Crippen LogP contribution in [0.2, 0.25) is 5.02 Å². The number of carbonyl (C=O) groups excluding carboxylic acids is 2. The van der Waals surface area contributed by atoms with Crippen molar-refractivity contribution >= 4 is 45.4 Å². The highest BCUT2D eigenvalue weighted by Gasteiger charge is 2.28. The molecule has 1 aliphatic rings. The van der Waals surface area contributed by atoms with Gasteiger partial charge in [0.15, 0.2) is 0 Å². The molecule has 1 aromatic heterocycles. The number of hydrogen-bond donors (Lipinski definition) is 3. The van der Waals surface area contributed by atoms with Gasteiger partial charge in [-0.15, -0.1) is 11.3 Å². The number of amides is 2. The Balaban J connectivity index is 1.80. The van der Waals surface area contributed by atoms with Crippen LogP contribution < -0.4 is 20.7 Å². The van der Waals surface area contributed by atoms with Gasteiger partial charge in [-0.05, 0) is 55.5 Å². The zero-order valence-electron chi connectivity index (χ0n) is 16.9. The first-order valence-electron chi connectivity index (χ1n) is 9.69. The summed E-state index contributed by atoms with van der Waals surface area (Å²) in [6, 6.07) is 5.06. The summed E-state index contributed by atoms with van der Waals surface area (Å²) in [5.74, 6) is 0.566. The summed E-state index contributed by atoms with van der Waals surface area (Å²) in [5, 5.41) is 10.0.